The Kier molecular flexibility index (Phi) is 8.06. The van der Waals surface area contributed by atoms with Crippen molar-refractivity contribution in [3.63, 3.8) is 0 Å². The second kappa shape index (κ2) is 11.4. The van der Waals surface area contributed by atoms with Gasteiger partial charge in [-0.25, -0.2) is 4.98 Å². The lowest BCUT2D eigenvalue weighted by Gasteiger charge is -2.36. The number of fused-ring (bicyclic) bond motifs is 1. The number of carbonyl (C=O) groups is 1. The van der Waals surface area contributed by atoms with Crippen LogP contribution in [0.3, 0.4) is 0 Å². The molecule has 6 nitrogen and oxygen atoms in total. The molecule has 1 atom stereocenters. The average Bonchev–Trinajstić information content (AvgIpc) is 3.44. The van der Waals surface area contributed by atoms with E-state index in [0.717, 1.165) is 58.8 Å². The third-order valence-corrected chi connectivity index (χ3v) is 8.88. The molecule has 1 aliphatic carbocycles. The van der Waals surface area contributed by atoms with E-state index in [4.69, 9.17) is 4.98 Å². The van der Waals surface area contributed by atoms with Crippen LogP contribution in [0, 0.1) is 5.92 Å². The Balaban J connectivity index is 1.53. The number of amides is 1. The zero-order chi connectivity index (χ0) is 25.1. The Morgan fingerprint density at radius 2 is 1.89 bits per heavy atom. The van der Waals surface area contributed by atoms with Gasteiger partial charge >= 0.3 is 7.05 Å². The largest absolute Gasteiger partial charge is 0.437 e. The molecule has 1 aliphatic heterocycles. The highest BCUT2D eigenvalue weighted by Gasteiger charge is 2.29. The Bertz CT molecular complexity index is 1170. The maximum Gasteiger partial charge on any atom is 0.376 e. The van der Waals surface area contributed by atoms with Crippen molar-refractivity contribution in [1.29, 1.82) is 0 Å². The maximum absolute atomic E-state index is 14.0. The molecule has 5 rings (SSSR count). The normalized spacial score (nSPS) is 18.9. The van der Waals surface area contributed by atoms with Crippen LogP contribution in [0.5, 0.6) is 0 Å². The van der Waals surface area contributed by atoms with Crippen molar-refractivity contribution < 1.29 is 9.82 Å². The molecule has 1 amide bonds. The highest BCUT2D eigenvalue weighted by Crippen LogP contribution is 2.34. The third kappa shape index (κ3) is 5.52. The van der Waals surface area contributed by atoms with Gasteiger partial charge in [0, 0.05) is 49.7 Å². The highest BCUT2D eigenvalue weighted by molar-refractivity contribution is 7.13. The van der Waals surface area contributed by atoms with Crippen LogP contribution < -0.4 is 5.32 Å². The van der Waals surface area contributed by atoms with Gasteiger partial charge in [0.2, 0.25) is 0 Å². The van der Waals surface area contributed by atoms with Crippen molar-refractivity contribution in [1.82, 2.24) is 20.0 Å². The first-order chi connectivity index (χ1) is 17.5. The molecule has 1 saturated carbocycles. The minimum atomic E-state index is -0.432. The van der Waals surface area contributed by atoms with E-state index in [2.05, 4.69) is 33.4 Å². The Hall–Kier alpha value is -2.26. The second-order valence-corrected chi connectivity index (χ2v) is 11.4. The fourth-order valence-electron chi connectivity index (χ4n) is 5.83. The first-order valence-electron chi connectivity index (χ1n) is 13.4. The fraction of sp³-hybridized carbons (Fsp3) is 0.500. The number of nitrogens with zero attached hydrogens (tertiary/aromatic N) is 3. The molecule has 1 saturated heterocycles. The predicted octanol–water partition coefficient (Wildman–Crippen LogP) is 4.89. The van der Waals surface area contributed by atoms with E-state index in [1.54, 1.807) is 11.3 Å². The number of piperazine rings is 1. The molecule has 2 aliphatic rings. The number of para-hydroxylation sites is 1. The number of nitrogens with one attached hydrogen (secondary N) is 1. The number of aromatic nitrogens is 1. The highest BCUT2D eigenvalue weighted by atomic mass is 32.1. The maximum atomic E-state index is 14.0. The summed E-state index contributed by atoms with van der Waals surface area (Å²) in [6.45, 7) is 7.99. The predicted molar refractivity (Wildman–Crippen MR) is 149 cm³/mol. The molecule has 8 heteroatoms. The summed E-state index contributed by atoms with van der Waals surface area (Å²) in [5.41, 5.74) is 3.55. The number of rotatable bonds is 7. The molecule has 0 unspecified atom stereocenters. The Labute approximate surface area is 218 Å². The lowest BCUT2D eigenvalue weighted by atomic mass is 9.84. The molecule has 0 radical (unpaired) electrons. The van der Waals surface area contributed by atoms with Gasteiger partial charge in [-0.2, -0.15) is 0 Å². The quantitative estimate of drug-likeness (QED) is 0.449. The third-order valence-electron chi connectivity index (χ3n) is 8.01. The van der Waals surface area contributed by atoms with Gasteiger partial charge in [0.25, 0.3) is 5.91 Å². The number of hydrogen-bond acceptors (Lipinski definition) is 6. The monoisotopic (exact) mass is 504 g/mol. The zero-order valence-corrected chi connectivity index (χ0v) is 22.3. The van der Waals surface area contributed by atoms with E-state index in [9.17, 15) is 9.82 Å². The first kappa shape index (κ1) is 25.4. The summed E-state index contributed by atoms with van der Waals surface area (Å²) in [6, 6.07) is 12.3. The SMILES string of the molecule is CB(O)N1CCN(Cc2c(-c3cccs3)nc3ccccc3c2C(=O)N[C@@H](C)C2CCCCC2)CC1. The van der Waals surface area contributed by atoms with Crippen LogP contribution in [0.2, 0.25) is 6.82 Å². The van der Waals surface area contributed by atoms with Gasteiger partial charge in [-0.15, -0.1) is 11.3 Å². The number of thiophene rings is 1. The van der Waals surface area contributed by atoms with Crippen LogP contribution in [0.1, 0.15) is 54.9 Å². The van der Waals surface area contributed by atoms with Gasteiger partial charge in [-0.05, 0) is 50.0 Å². The van der Waals surface area contributed by atoms with Gasteiger partial charge < -0.3 is 15.2 Å². The summed E-state index contributed by atoms with van der Waals surface area (Å²) < 4.78 is 0. The molecule has 1 aromatic carbocycles. The van der Waals surface area contributed by atoms with Gasteiger partial charge in [-0.1, -0.05) is 43.5 Å². The van der Waals surface area contributed by atoms with E-state index in [1.165, 1.54) is 32.1 Å². The Morgan fingerprint density at radius 3 is 2.58 bits per heavy atom. The van der Waals surface area contributed by atoms with Crippen molar-refractivity contribution in [2.75, 3.05) is 26.2 Å². The van der Waals surface area contributed by atoms with Gasteiger partial charge in [0.05, 0.1) is 21.7 Å². The topological polar surface area (TPSA) is 68.7 Å². The molecule has 2 N–H and O–H groups in total. The van der Waals surface area contributed by atoms with Crippen molar-refractivity contribution in [2.24, 2.45) is 5.92 Å². The molecule has 36 heavy (non-hydrogen) atoms. The molecule has 2 fully saturated rings. The number of hydrogen-bond donors (Lipinski definition) is 2. The fourth-order valence-corrected chi connectivity index (χ4v) is 6.57. The average molecular weight is 505 g/mol. The van der Waals surface area contributed by atoms with Gasteiger partial charge in [0.1, 0.15) is 0 Å². The van der Waals surface area contributed by atoms with E-state index in [-0.39, 0.29) is 11.9 Å². The summed E-state index contributed by atoms with van der Waals surface area (Å²) in [4.78, 5) is 24.7. The summed E-state index contributed by atoms with van der Waals surface area (Å²) in [7, 11) is -0.432. The number of pyridine rings is 1. The van der Waals surface area contributed by atoms with Gasteiger partial charge in [0.15, 0.2) is 0 Å². The lowest BCUT2D eigenvalue weighted by molar-refractivity contribution is 0.0918. The summed E-state index contributed by atoms with van der Waals surface area (Å²) in [5, 5.41) is 16.4. The summed E-state index contributed by atoms with van der Waals surface area (Å²) >= 11 is 1.67. The molecule has 2 aromatic heterocycles. The minimum Gasteiger partial charge on any atom is -0.437 e. The van der Waals surface area contributed by atoms with Crippen molar-refractivity contribution in [3.05, 3.63) is 52.9 Å². The molecular formula is C28H37BN4O2S. The zero-order valence-electron chi connectivity index (χ0n) is 21.4. The molecule has 0 bridgehead atoms. The van der Waals surface area contributed by atoms with E-state index in [1.807, 2.05) is 37.2 Å². The van der Waals surface area contributed by atoms with Crippen LogP contribution in [0.4, 0.5) is 0 Å². The first-order valence-corrected chi connectivity index (χ1v) is 14.3. The molecule has 3 aromatic rings. The second-order valence-electron chi connectivity index (χ2n) is 10.4. The van der Waals surface area contributed by atoms with Crippen molar-refractivity contribution in [2.45, 2.75) is 58.4 Å². The number of benzene rings is 1. The lowest BCUT2D eigenvalue weighted by Crippen LogP contribution is -2.51. The molecule has 3 heterocycles. The molecule has 190 valence electrons. The van der Waals surface area contributed by atoms with Crippen molar-refractivity contribution in [3.8, 4) is 10.6 Å². The van der Waals surface area contributed by atoms with Gasteiger partial charge in [-0.3, -0.25) is 9.69 Å². The Morgan fingerprint density at radius 1 is 1.14 bits per heavy atom. The van der Waals surface area contributed by atoms with E-state index >= 15 is 0 Å². The number of carbonyl (C=O) groups excluding carboxylic acids is 1. The molecule has 0 spiro atoms. The van der Waals surface area contributed by atoms with Crippen LogP contribution in [0.25, 0.3) is 21.5 Å². The summed E-state index contributed by atoms with van der Waals surface area (Å²) in [6.07, 6.45) is 6.21. The van der Waals surface area contributed by atoms with Crippen LogP contribution >= 0.6 is 11.3 Å². The van der Waals surface area contributed by atoms with Crippen LogP contribution in [0.15, 0.2) is 41.8 Å². The summed E-state index contributed by atoms with van der Waals surface area (Å²) in [5.74, 6) is 0.562. The van der Waals surface area contributed by atoms with Crippen molar-refractivity contribution >= 4 is 35.2 Å². The minimum absolute atomic E-state index is 0.0158. The molecular weight excluding hydrogens is 467 g/mol. The standard InChI is InChI=1S/C28H37BN4O2S/c1-20(21-9-4-3-5-10-21)30-28(34)26-22-11-6-7-12-24(22)31-27(25-13-8-18-36-25)23(26)19-32-14-16-33(17-15-32)29(2)35/h6-8,11-13,18,20-21,35H,3-5,9-10,14-17,19H2,1-2H3,(H,30,34)/t20-/m0/s1. The van der Waals surface area contributed by atoms with E-state index < -0.39 is 7.05 Å². The van der Waals surface area contributed by atoms with E-state index in [0.29, 0.717) is 12.5 Å². The van der Waals surface area contributed by atoms with Crippen LogP contribution in [-0.4, -0.2) is 64.9 Å². The smallest absolute Gasteiger partial charge is 0.376 e. The van der Waals surface area contributed by atoms with Crippen LogP contribution in [-0.2, 0) is 6.54 Å².